The molecule has 2 atom stereocenters. The number of anilines is 1. The van der Waals surface area contributed by atoms with Crippen molar-refractivity contribution in [3.63, 3.8) is 0 Å². The number of rotatable bonds is 4. The fraction of sp³-hybridized carbons (Fsp3) is 0.375. The number of amides is 4. The van der Waals surface area contributed by atoms with Crippen molar-refractivity contribution in [3.8, 4) is 0 Å². The minimum atomic E-state index is -0.918. The van der Waals surface area contributed by atoms with Crippen LogP contribution in [0.15, 0.2) is 48.7 Å². The van der Waals surface area contributed by atoms with Gasteiger partial charge in [0.25, 0.3) is 5.91 Å². The van der Waals surface area contributed by atoms with Crippen LogP contribution in [-0.4, -0.2) is 64.5 Å². The first-order valence-corrected chi connectivity index (χ1v) is 11.5. The number of carbonyl (C=O) groups excluding carboxylic acids is 4. The number of nitrogens with zero attached hydrogens (tertiary/aromatic N) is 2. The van der Waals surface area contributed by atoms with E-state index in [2.05, 4.69) is 20.9 Å². The molecule has 0 spiro atoms. The molecule has 1 saturated heterocycles. The lowest BCUT2D eigenvalue weighted by Gasteiger charge is -2.39. The number of likely N-dealkylation sites (tertiary alicyclic amines) is 1. The van der Waals surface area contributed by atoms with Gasteiger partial charge in [-0.25, -0.2) is 9.78 Å². The number of ether oxygens (including phenoxy) is 1. The third kappa shape index (κ3) is 7.68. The number of nitrogens with one attached hydrogen (secondary N) is 3. The maximum Gasteiger partial charge on any atom is 0.408 e. The molecule has 3 N–H and O–H groups in total. The molecule has 0 saturated carbocycles. The molecule has 0 unspecified atom stereocenters. The van der Waals surface area contributed by atoms with Crippen molar-refractivity contribution in [3.05, 3.63) is 59.2 Å². The molecule has 10 nitrogen and oxygen atoms in total. The summed E-state index contributed by atoms with van der Waals surface area (Å²) in [5.41, 5.74) is -0.219. The Hall–Kier alpha value is -3.66. The summed E-state index contributed by atoms with van der Waals surface area (Å²) in [7, 11) is 0. The van der Waals surface area contributed by atoms with Crippen LogP contribution in [-0.2, 0) is 14.3 Å². The molecule has 1 aromatic heterocycles. The summed E-state index contributed by atoms with van der Waals surface area (Å²) in [5.74, 6) is -1.84. The standard InChI is InChI=1S/C24H28ClN5O5/c1-24(2,3)35-23(34)28-18-14-30(22(33)15-7-5-4-6-8-15)12-11-17(18)27-20(31)21(32)29-19-10-9-16(25)13-26-19/h4-10,13,17-18H,11-12,14H2,1-3H3,(H,27,31)(H,28,34)(H,26,29,32)/t17-,18+/m0/s1. The van der Waals surface area contributed by atoms with Gasteiger partial charge in [-0.1, -0.05) is 29.8 Å². The van der Waals surface area contributed by atoms with E-state index in [9.17, 15) is 19.2 Å². The first-order valence-electron chi connectivity index (χ1n) is 11.1. The molecule has 0 bridgehead atoms. The largest absolute Gasteiger partial charge is 0.444 e. The predicted octanol–water partition coefficient (Wildman–Crippen LogP) is 2.60. The van der Waals surface area contributed by atoms with Crippen molar-refractivity contribution in [2.45, 2.75) is 44.9 Å². The van der Waals surface area contributed by atoms with Gasteiger partial charge in [-0.2, -0.15) is 0 Å². The van der Waals surface area contributed by atoms with Crippen LogP contribution >= 0.6 is 11.6 Å². The summed E-state index contributed by atoms with van der Waals surface area (Å²) < 4.78 is 5.35. The van der Waals surface area contributed by atoms with Gasteiger partial charge >= 0.3 is 17.9 Å². The molecule has 2 heterocycles. The number of hydrogen-bond donors (Lipinski definition) is 3. The summed E-state index contributed by atoms with van der Waals surface area (Å²) in [4.78, 5) is 55.9. The van der Waals surface area contributed by atoms with Gasteiger partial charge < -0.3 is 25.6 Å². The van der Waals surface area contributed by atoms with Crippen molar-refractivity contribution < 1.29 is 23.9 Å². The van der Waals surface area contributed by atoms with Crippen molar-refractivity contribution in [1.29, 1.82) is 0 Å². The number of aromatic nitrogens is 1. The molecule has 35 heavy (non-hydrogen) atoms. The average Bonchev–Trinajstić information content (AvgIpc) is 2.80. The lowest BCUT2D eigenvalue weighted by atomic mass is 9.98. The molecule has 1 aromatic carbocycles. The molecule has 186 valence electrons. The van der Waals surface area contributed by atoms with Crippen LogP contribution in [0, 0.1) is 0 Å². The molecule has 1 fully saturated rings. The second-order valence-corrected chi connectivity index (χ2v) is 9.49. The summed E-state index contributed by atoms with van der Waals surface area (Å²) in [5, 5.41) is 8.17. The van der Waals surface area contributed by atoms with Gasteiger partial charge in [0, 0.05) is 24.8 Å². The Labute approximate surface area is 208 Å². The van der Waals surface area contributed by atoms with Gasteiger partial charge in [-0.15, -0.1) is 0 Å². The van der Waals surface area contributed by atoms with Crippen LogP contribution in [0.4, 0.5) is 10.6 Å². The fourth-order valence-corrected chi connectivity index (χ4v) is 3.65. The zero-order valence-electron chi connectivity index (χ0n) is 19.7. The van der Waals surface area contributed by atoms with Crippen molar-refractivity contribution >= 4 is 41.2 Å². The van der Waals surface area contributed by atoms with E-state index in [0.29, 0.717) is 23.6 Å². The van der Waals surface area contributed by atoms with Crippen molar-refractivity contribution in [2.75, 3.05) is 18.4 Å². The molecule has 11 heteroatoms. The third-order valence-electron chi connectivity index (χ3n) is 5.11. The van der Waals surface area contributed by atoms with E-state index < -0.39 is 35.6 Å². The van der Waals surface area contributed by atoms with Crippen LogP contribution in [0.1, 0.15) is 37.6 Å². The SMILES string of the molecule is CC(C)(C)OC(=O)N[C@@H]1CN(C(=O)c2ccccc2)CC[C@@H]1NC(=O)C(=O)Nc1ccc(Cl)cn1. The Kier molecular flexibility index (Phi) is 8.29. The second-order valence-electron chi connectivity index (χ2n) is 9.05. The zero-order chi connectivity index (χ0) is 25.6. The molecular weight excluding hydrogens is 474 g/mol. The third-order valence-corrected chi connectivity index (χ3v) is 5.34. The monoisotopic (exact) mass is 501 g/mol. The first-order chi connectivity index (χ1) is 16.5. The number of benzene rings is 1. The van der Waals surface area contributed by atoms with E-state index in [-0.39, 0.29) is 18.3 Å². The van der Waals surface area contributed by atoms with Crippen molar-refractivity contribution in [2.24, 2.45) is 0 Å². The number of pyridine rings is 1. The van der Waals surface area contributed by atoms with E-state index in [4.69, 9.17) is 16.3 Å². The molecule has 1 aliphatic rings. The van der Waals surface area contributed by atoms with E-state index in [1.165, 1.54) is 18.3 Å². The zero-order valence-corrected chi connectivity index (χ0v) is 20.5. The highest BCUT2D eigenvalue weighted by Crippen LogP contribution is 2.17. The second kappa shape index (κ2) is 11.2. The predicted molar refractivity (Wildman–Crippen MR) is 130 cm³/mol. The van der Waals surface area contributed by atoms with Crippen molar-refractivity contribution in [1.82, 2.24) is 20.5 Å². The van der Waals surface area contributed by atoms with Crippen LogP contribution in [0.25, 0.3) is 0 Å². The quantitative estimate of drug-likeness (QED) is 0.552. The van der Waals surface area contributed by atoms with Gasteiger partial charge in [-0.3, -0.25) is 14.4 Å². The fourth-order valence-electron chi connectivity index (χ4n) is 3.53. The van der Waals surface area contributed by atoms with E-state index in [1.54, 1.807) is 49.9 Å². The number of piperidine rings is 1. The molecule has 2 aromatic rings. The molecule has 0 aliphatic carbocycles. The lowest BCUT2D eigenvalue weighted by molar-refractivity contribution is -0.136. The smallest absolute Gasteiger partial charge is 0.408 e. The Morgan fingerprint density at radius 3 is 2.34 bits per heavy atom. The number of carbonyl (C=O) groups is 4. The number of alkyl carbamates (subject to hydrolysis) is 1. The number of halogens is 1. The number of hydrogen-bond acceptors (Lipinski definition) is 6. The summed E-state index contributed by atoms with van der Waals surface area (Å²) in [6.07, 6.45) is 0.970. The van der Waals surface area contributed by atoms with Gasteiger partial charge in [-0.05, 0) is 51.5 Å². The van der Waals surface area contributed by atoms with E-state index in [0.717, 1.165) is 0 Å². The maximum absolute atomic E-state index is 12.9. The van der Waals surface area contributed by atoms with E-state index in [1.807, 2.05) is 6.07 Å². The topological polar surface area (TPSA) is 130 Å². The van der Waals surface area contributed by atoms with E-state index >= 15 is 0 Å². The van der Waals surface area contributed by atoms with Crippen LogP contribution in [0.3, 0.4) is 0 Å². The minimum absolute atomic E-state index is 0.123. The molecule has 3 rings (SSSR count). The molecule has 0 radical (unpaired) electrons. The maximum atomic E-state index is 12.9. The summed E-state index contributed by atoms with van der Waals surface area (Å²) in [6.45, 7) is 5.64. The highest BCUT2D eigenvalue weighted by atomic mass is 35.5. The summed E-state index contributed by atoms with van der Waals surface area (Å²) in [6, 6.07) is 10.5. The lowest BCUT2D eigenvalue weighted by Crippen LogP contribution is -2.62. The first kappa shape index (κ1) is 26.0. The average molecular weight is 502 g/mol. The minimum Gasteiger partial charge on any atom is -0.444 e. The Morgan fingerprint density at radius 2 is 1.71 bits per heavy atom. The Morgan fingerprint density at radius 1 is 1.00 bits per heavy atom. The highest BCUT2D eigenvalue weighted by Gasteiger charge is 2.35. The van der Waals surface area contributed by atoms with Crippen LogP contribution < -0.4 is 16.0 Å². The molecular formula is C24H28ClN5O5. The summed E-state index contributed by atoms with van der Waals surface area (Å²) >= 11 is 5.78. The van der Waals surface area contributed by atoms with Crippen LogP contribution in [0.5, 0.6) is 0 Å². The van der Waals surface area contributed by atoms with Crippen LogP contribution in [0.2, 0.25) is 5.02 Å². The Balaban J connectivity index is 1.69. The normalized spacial score (nSPS) is 17.8. The van der Waals surface area contributed by atoms with Gasteiger partial charge in [0.05, 0.1) is 17.1 Å². The molecule has 1 aliphatic heterocycles. The van der Waals surface area contributed by atoms with Gasteiger partial charge in [0.2, 0.25) is 0 Å². The molecule has 4 amide bonds. The highest BCUT2D eigenvalue weighted by molar-refractivity contribution is 6.39. The van der Waals surface area contributed by atoms with Gasteiger partial charge in [0.15, 0.2) is 0 Å². The Bertz CT molecular complexity index is 1070. The van der Waals surface area contributed by atoms with Gasteiger partial charge in [0.1, 0.15) is 11.4 Å².